The number of nitrogens with zero attached hydrogens (tertiary/aromatic N) is 1. The molecule has 126 valence electrons. The van der Waals surface area contributed by atoms with Crippen LogP contribution in [0.3, 0.4) is 0 Å². The molecule has 0 unspecified atom stereocenters. The van der Waals surface area contributed by atoms with Gasteiger partial charge in [0.2, 0.25) is 5.91 Å². The zero-order valence-corrected chi connectivity index (χ0v) is 13.7. The normalized spacial score (nSPS) is 21.8. The number of aromatic nitrogens is 1. The summed E-state index contributed by atoms with van der Waals surface area (Å²) < 4.78 is 0. The molecule has 0 radical (unpaired) electrons. The highest BCUT2D eigenvalue weighted by atomic mass is 35.5. The molecule has 6 heteroatoms. The van der Waals surface area contributed by atoms with Crippen LogP contribution in [0.25, 0.3) is 0 Å². The maximum Gasteiger partial charge on any atom is 0.224 e. The molecule has 1 amide bonds. The zero-order chi connectivity index (χ0) is 17.1. The van der Waals surface area contributed by atoms with Gasteiger partial charge in [-0.15, -0.1) is 0 Å². The summed E-state index contributed by atoms with van der Waals surface area (Å²) in [6.45, 7) is -0.356. The van der Waals surface area contributed by atoms with Crippen molar-refractivity contribution in [3.63, 3.8) is 0 Å². The molecule has 1 saturated carbocycles. The van der Waals surface area contributed by atoms with Gasteiger partial charge in [-0.05, 0) is 30.0 Å². The van der Waals surface area contributed by atoms with Crippen LogP contribution >= 0.6 is 11.6 Å². The van der Waals surface area contributed by atoms with Gasteiger partial charge in [-0.1, -0.05) is 35.9 Å². The highest BCUT2D eigenvalue weighted by Crippen LogP contribution is 2.49. The van der Waals surface area contributed by atoms with Crippen molar-refractivity contribution in [3.8, 4) is 0 Å². The highest BCUT2D eigenvalue weighted by molar-refractivity contribution is 6.31. The third-order valence-electron chi connectivity index (χ3n) is 4.36. The van der Waals surface area contributed by atoms with Crippen molar-refractivity contribution in [3.05, 3.63) is 64.9 Å². The van der Waals surface area contributed by atoms with Gasteiger partial charge in [0.25, 0.3) is 0 Å². The van der Waals surface area contributed by atoms with Crippen molar-refractivity contribution in [2.75, 3.05) is 6.61 Å². The topological polar surface area (TPSA) is 82.5 Å². The molecule has 1 fully saturated rings. The van der Waals surface area contributed by atoms with Gasteiger partial charge >= 0.3 is 0 Å². The van der Waals surface area contributed by atoms with E-state index in [9.17, 15) is 15.0 Å². The van der Waals surface area contributed by atoms with E-state index < -0.39 is 12.1 Å². The first-order chi connectivity index (χ1) is 11.6. The van der Waals surface area contributed by atoms with Gasteiger partial charge in [0.15, 0.2) is 0 Å². The number of aliphatic hydroxyl groups is 2. The summed E-state index contributed by atoms with van der Waals surface area (Å²) in [4.78, 5) is 16.4. The van der Waals surface area contributed by atoms with Crippen LogP contribution in [0.15, 0.2) is 48.8 Å². The van der Waals surface area contributed by atoms with Crippen LogP contribution in [0.2, 0.25) is 5.02 Å². The standard InChI is InChI=1S/C18H19ClN2O3/c19-15-6-2-1-5-12(15)13-8-14(13)18(24)21-16(10-22)17(23)11-4-3-7-20-9-11/h1-7,9,13-14,16-17,22-23H,8,10H2,(H,21,24)/t13-,14+,16+,17-/m0/s1. The Hall–Kier alpha value is -1.95. The Morgan fingerprint density at radius 3 is 2.79 bits per heavy atom. The monoisotopic (exact) mass is 346 g/mol. The van der Waals surface area contributed by atoms with Crippen LogP contribution in [0.5, 0.6) is 0 Å². The molecule has 0 saturated heterocycles. The Morgan fingerprint density at radius 1 is 1.33 bits per heavy atom. The molecule has 0 spiro atoms. The molecule has 0 bridgehead atoms. The van der Waals surface area contributed by atoms with Crippen LogP contribution in [-0.4, -0.2) is 33.8 Å². The van der Waals surface area contributed by atoms with Gasteiger partial charge in [0.1, 0.15) is 6.10 Å². The van der Waals surface area contributed by atoms with E-state index in [4.69, 9.17) is 11.6 Å². The fraction of sp³-hybridized carbons (Fsp3) is 0.333. The van der Waals surface area contributed by atoms with Crippen molar-refractivity contribution in [1.29, 1.82) is 0 Å². The lowest BCUT2D eigenvalue weighted by Gasteiger charge is -2.22. The fourth-order valence-corrected chi connectivity index (χ4v) is 3.18. The lowest BCUT2D eigenvalue weighted by atomic mass is 10.0. The first kappa shape index (κ1) is 16.9. The number of halogens is 1. The predicted octanol–water partition coefficient (Wildman–Crippen LogP) is 2.05. The predicted molar refractivity (Wildman–Crippen MR) is 90.5 cm³/mol. The Morgan fingerprint density at radius 2 is 2.12 bits per heavy atom. The molecule has 4 atom stereocenters. The quantitative estimate of drug-likeness (QED) is 0.747. The molecule has 1 heterocycles. The van der Waals surface area contributed by atoms with Crippen molar-refractivity contribution in [2.45, 2.75) is 24.5 Å². The molecule has 1 aliphatic rings. The summed E-state index contributed by atoms with van der Waals surface area (Å²) >= 11 is 6.17. The van der Waals surface area contributed by atoms with Crippen LogP contribution in [-0.2, 0) is 4.79 Å². The van der Waals surface area contributed by atoms with Gasteiger partial charge < -0.3 is 15.5 Å². The fourth-order valence-electron chi connectivity index (χ4n) is 2.90. The van der Waals surface area contributed by atoms with Crippen LogP contribution in [0, 0.1) is 5.92 Å². The van der Waals surface area contributed by atoms with Crippen LogP contribution < -0.4 is 5.32 Å². The van der Waals surface area contributed by atoms with E-state index in [0.29, 0.717) is 10.6 Å². The molecular weight excluding hydrogens is 328 g/mol. The third-order valence-corrected chi connectivity index (χ3v) is 4.71. The first-order valence-electron chi connectivity index (χ1n) is 7.85. The second-order valence-corrected chi connectivity index (χ2v) is 6.41. The van der Waals surface area contributed by atoms with Crippen molar-refractivity contribution in [1.82, 2.24) is 10.3 Å². The number of rotatable bonds is 6. The van der Waals surface area contributed by atoms with Gasteiger partial charge in [-0.25, -0.2) is 0 Å². The van der Waals surface area contributed by atoms with E-state index in [1.807, 2.05) is 24.3 Å². The van der Waals surface area contributed by atoms with Gasteiger partial charge in [0, 0.05) is 28.9 Å². The lowest BCUT2D eigenvalue weighted by molar-refractivity contribution is -0.124. The smallest absolute Gasteiger partial charge is 0.224 e. The number of carbonyl (C=O) groups excluding carboxylic acids is 1. The number of aliphatic hydroxyl groups excluding tert-OH is 2. The van der Waals surface area contributed by atoms with E-state index in [1.165, 1.54) is 6.20 Å². The van der Waals surface area contributed by atoms with Crippen LogP contribution in [0.4, 0.5) is 0 Å². The molecular formula is C18H19ClN2O3. The van der Waals surface area contributed by atoms with Gasteiger partial charge in [0.05, 0.1) is 12.6 Å². The van der Waals surface area contributed by atoms with E-state index in [-0.39, 0.29) is 24.3 Å². The Bertz CT molecular complexity index is 710. The third kappa shape index (κ3) is 3.59. The van der Waals surface area contributed by atoms with Crippen molar-refractivity contribution in [2.24, 2.45) is 5.92 Å². The molecule has 3 N–H and O–H groups in total. The van der Waals surface area contributed by atoms with Gasteiger partial charge in [-0.3, -0.25) is 9.78 Å². The maximum absolute atomic E-state index is 12.4. The molecule has 24 heavy (non-hydrogen) atoms. The maximum atomic E-state index is 12.4. The molecule has 1 aliphatic carbocycles. The number of hydrogen-bond acceptors (Lipinski definition) is 4. The number of carbonyl (C=O) groups is 1. The summed E-state index contributed by atoms with van der Waals surface area (Å²) in [5.74, 6) is -0.268. The summed E-state index contributed by atoms with van der Waals surface area (Å²) in [7, 11) is 0. The number of pyridine rings is 1. The lowest BCUT2D eigenvalue weighted by Crippen LogP contribution is -2.42. The minimum absolute atomic E-state index is 0.0913. The Kier molecular flexibility index (Phi) is 5.14. The summed E-state index contributed by atoms with van der Waals surface area (Å²) in [6, 6.07) is 10.1. The molecule has 2 aromatic rings. The molecule has 1 aromatic carbocycles. The number of amides is 1. The molecule has 1 aromatic heterocycles. The average molecular weight is 347 g/mol. The molecule has 0 aliphatic heterocycles. The van der Waals surface area contributed by atoms with Crippen molar-refractivity contribution < 1.29 is 15.0 Å². The first-order valence-corrected chi connectivity index (χ1v) is 8.23. The van der Waals surface area contributed by atoms with E-state index >= 15 is 0 Å². The van der Waals surface area contributed by atoms with E-state index in [1.54, 1.807) is 18.3 Å². The second kappa shape index (κ2) is 7.30. The van der Waals surface area contributed by atoms with Crippen LogP contribution in [0.1, 0.15) is 29.6 Å². The number of benzene rings is 1. The number of nitrogens with one attached hydrogen (secondary N) is 1. The molecule has 3 rings (SSSR count). The Balaban J connectivity index is 1.63. The minimum atomic E-state index is -1.01. The largest absolute Gasteiger partial charge is 0.394 e. The highest BCUT2D eigenvalue weighted by Gasteiger charge is 2.45. The summed E-state index contributed by atoms with van der Waals surface area (Å²) in [5, 5.41) is 23.2. The van der Waals surface area contributed by atoms with E-state index in [2.05, 4.69) is 10.3 Å². The minimum Gasteiger partial charge on any atom is -0.394 e. The SMILES string of the molecule is O=C(N[C@H](CO)[C@@H](O)c1cccnc1)[C@@H]1C[C@H]1c1ccccc1Cl. The van der Waals surface area contributed by atoms with Crippen molar-refractivity contribution >= 4 is 17.5 Å². The Labute approximate surface area is 145 Å². The summed E-state index contributed by atoms with van der Waals surface area (Å²) in [5.41, 5.74) is 1.52. The zero-order valence-electron chi connectivity index (χ0n) is 13.0. The van der Waals surface area contributed by atoms with Gasteiger partial charge in [-0.2, -0.15) is 0 Å². The van der Waals surface area contributed by atoms with E-state index in [0.717, 1.165) is 12.0 Å². The average Bonchev–Trinajstić information content (AvgIpc) is 3.40. The number of hydrogen-bond donors (Lipinski definition) is 3. The summed E-state index contributed by atoms with van der Waals surface area (Å²) in [6.07, 6.45) is 2.83. The second-order valence-electron chi connectivity index (χ2n) is 6.00. The molecule has 5 nitrogen and oxygen atoms in total.